The molecule has 0 radical (unpaired) electrons. The predicted octanol–water partition coefficient (Wildman–Crippen LogP) is 5.33. The second-order valence-corrected chi connectivity index (χ2v) is 8.25. The van der Waals surface area contributed by atoms with Crippen molar-refractivity contribution < 1.29 is 18.7 Å². The summed E-state index contributed by atoms with van der Waals surface area (Å²) in [5, 5.41) is 0.345. The lowest BCUT2D eigenvalue weighted by molar-refractivity contribution is -0.128. The summed E-state index contributed by atoms with van der Waals surface area (Å²) in [5.74, 6) is 1.25. The number of rotatable bonds is 6. The Morgan fingerprint density at radius 1 is 1.14 bits per heavy atom. The van der Waals surface area contributed by atoms with Crippen molar-refractivity contribution in [3.63, 3.8) is 0 Å². The van der Waals surface area contributed by atoms with Crippen molar-refractivity contribution in [2.45, 2.75) is 50.7 Å². The Bertz CT molecular complexity index is 898. The molecule has 4 nitrogen and oxygen atoms in total. The van der Waals surface area contributed by atoms with Gasteiger partial charge in [0.2, 0.25) is 5.91 Å². The molecule has 1 aliphatic heterocycles. The molecule has 29 heavy (non-hydrogen) atoms. The van der Waals surface area contributed by atoms with Crippen LogP contribution in [0.25, 0.3) is 0 Å². The van der Waals surface area contributed by atoms with Crippen molar-refractivity contribution >= 4 is 17.5 Å². The van der Waals surface area contributed by atoms with Crippen molar-refractivity contribution in [1.29, 1.82) is 0 Å². The number of hydrogen-bond acceptors (Lipinski definition) is 3. The van der Waals surface area contributed by atoms with Crippen LogP contribution >= 0.6 is 11.6 Å². The van der Waals surface area contributed by atoms with E-state index in [-0.39, 0.29) is 23.7 Å². The molecule has 1 atom stereocenters. The highest BCUT2D eigenvalue weighted by molar-refractivity contribution is 6.31. The number of hydrogen-bond donors (Lipinski definition) is 0. The molecule has 2 aromatic rings. The molecule has 1 heterocycles. The van der Waals surface area contributed by atoms with E-state index in [0.29, 0.717) is 24.5 Å². The molecule has 2 fully saturated rings. The first-order chi connectivity index (χ1) is 14.0. The second kappa shape index (κ2) is 8.62. The molecule has 0 N–H and O–H groups in total. The van der Waals surface area contributed by atoms with Gasteiger partial charge in [-0.15, -0.1) is 0 Å². The average Bonchev–Trinajstić information content (AvgIpc) is 3.34. The zero-order chi connectivity index (χ0) is 20.4. The maximum Gasteiger partial charge on any atom is 0.223 e. The van der Waals surface area contributed by atoms with Crippen LogP contribution in [0, 0.1) is 5.82 Å². The SMILES string of the molecule is COc1ccc(C2CC(=O)N(Cc3ccc(F)cc3Cl)C2)cc1OC1CCCC1. The third-order valence-electron chi connectivity index (χ3n) is 5.85. The Morgan fingerprint density at radius 3 is 2.66 bits per heavy atom. The van der Waals surface area contributed by atoms with E-state index in [1.165, 1.54) is 25.0 Å². The van der Waals surface area contributed by atoms with E-state index in [1.807, 2.05) is 18.2 Å². The summed E-state index contributed by atoms with van der Waals surface area (Å²) in [6, 6.07) is 10.2. The van der Waals surface area contributed by atoms with Gasteiger partial charge in [0.25, 0.3) is 0 Å². The van der Waals surface area contributed by atoms with Gasteiger partial charge in [-0.2, -0.15) is 0 Å². The Labute approximate surface area is 175 Å². The molecule has 0 aromatic heterocycles. The summed E-state index contributed by atoms with van der Waals surface area (Å²) >= 11 is 6.14. The maximum atomic E-state index is 13.3. The first-order valence-electron chi connectivity index (χ1n) is 10.1. The number of halogens is 2. The predicted molar refractivity (Wildman–Crippen MR) is 110 cm³/mol. The number of ether oxygens (including phenoxy) is 2. The lowest BCUT2D eigenvalue weighted by atomic mass is 9.98. The fraction of sp³-hybridized carbons (Fsp3) is 0.435. The Morgan fingerprint density at radius 2 is 1.93 bits per heavy atom. The smallest absolute Gasteiger partial charge is 0.223 e. The van der Waals surface area contributed by atoms with Crippen molar-refractivity contribution in [3.05, 3.63) is 58.4 Å². The van der Waals surface area contributed by atoms with E-state index < -0.39 is 0 Å². The molecule has 2 aliphatic rings. The van der Waals surface area contributed by atoms with Gasteiger partial charge in [0.1, 0.15) is 5.82 Å². The van der Waals surface area contributed by atoms with Crippen LogP contribution in [0.2, 0.25) is 5.02 Å². The van der Waals surface area contributed by atoms with E-state index in [9.17, 15) is 9.18 Å². The van der Waals surface area contributed by atoms with Gasteiger partial charge in [-0.25, -0.2) is 4.39 Å². The van der Waals surface area contributed by atoms with Crippen LogP contribution in [0.15, 0.2) is 36.4 Å². The highest BCUT2D eigenvalue weighted by atomic mass is 35.5. The van der Waals surface area contributed by atoms with Crippen molar-refractivity contribution in [2.24, 2.45) is 0 Å². The van der Waals surface area contributed by atoms with Gasteiger partial charge in [0.05, 0.1) is 13.2 Å². The molecule has 1 saturated heterocycles. The quantitative estimate of drug-likeness (QED) is 0.638. The van der Waals surface area contributed by atoms with E-state index in [1.54, 1.807) is 18.1 Å². The third kappa shape index (κ3) is 4.50. The van der Waals surface area contributed by atoms with Gasteiger partial charge in [0, 0.05) is 30.5 Å². The molecular formula is C23H25ClFNO3. The molecule has 0 bridgehead atoms. The summed E-state index contributed by atoms with van der Waals surface area (Å²) in [5.41, 5.74) is 1.82. The van der Waals surface area contributed by atoms with Gasteiger partial charge in [-0.05, 0) is 61.1 Å². The normalized spacial score (nSPS) is 19.8. The molecule has 1 unspecified atom stereocenters. The second-order valence-electron chi connectivity index (χ2n) is 7.85. The largest absolute Gasteiger partial charge is 0.493 e. The topological polar surface area (TPSA) is 38.8 Å². The first kappa shape index (κ1) is 20.0. The molecule has 0 spiro atoms. The van der Waals surface area contributed by atoms with Crippen molar-refractivity contribution in [1.82, 2.24) is 4.90 Å². The number of likely N-dealkylation sites (tertiary alicyclic amines) is 1. The van der Waals surface area contributed by atoms with Crippen LogP contribution in [0.4, 0.5) is 4.39 Å². The van der Waals surface area contributed by atoms with Gasteiger partial charge < -0.3 is 14.4 Å². The monoisotopic (exact) mass is 417 g/mol. The van der Waals surface area contributed by atoms with Crippen molar-refractivity contribution in [2.75, 3.05) is 13.7 Å². The minimum atomic E-state index is -0.377. The fourth-order valence-electron chi connectivity index (χ4n) is 4.23. The summed E-state index contributed by atoms with van der Waals surface area (Å²) in [6.07, 6.45) is 5.22. The number of benzene rings is 2. The van der Waals surface area contributed by atoms with E-state index in [2.05, 4.69) is 0 Å². The lowest BCUT2D eigenvalue weighted by Crippen LogP contribution is -2.24. The number of amides is 1. The van der Waals surface area contributed by atoms with Gasteiger partial charge in [-0.1, -0.05) is 23.7 Å². The molecule has 6 heteroatoms. The zero-order valence-electron chi connectivity index (χ0n) is 16.5. The molecule has 2 aromatic carbocycles. The Balaban J connectivity index is 1.49. The van der Waals surface area contributed by atoms with Crippen LogP contribution in [0.1, 0.15) is 49.1 Å². The molecular weight excluding hydrogens is 393 g/mol. The fourth-order valence-corrected chi connectivity index (χ4v) is 4.46. The average molecular weight is 418 g/mol. The highest BCUT2D eigenvalue weighted by Crippen LogP contribution is 2.37. The van der Waals surface area contributed by atoms with Gasteiger partial charge >= 0.3 is 0 Å². The van der Waals surface area contributed by atoms with Crippen LogP contribution < -0.4 is 9.47 Å². The van der Waals surface area contributed by atoms with E-state index >= 15 is 0 Å². The number of carbonyl (C=O) groups excluding carboxylic acids is 1. The van der Waals surface area contributed by atoms with E-state index in [4.69, 9.17) is 21.1 Å². The summed E-state index contributed by atoms with van der Waals surface area (Å²) in [6.45, 7) is 0.984. The standard InChI is InChI=1S/C23H25ClFNO3/c1-28-21-9-7-15(10-22(21)29-19-4-2-3-5-19)17-11-23(27)26(14-17)13-16-6-8-18(25)12-20(16)24/h6-10,12,17,19H,2-5,11,13-14H2,1H3. The Kier molecular flexibility index (Phi) is 5.95. The molecule has 1 amide bonds. The zero-order valence-corrected chi connectivity index (χ0v) is 17.3. The lowest BCUT2D eigenvalue weighted by Gasteiger charge is -2.20. The molecule has 4 rings (SSSR count). The minimum Gasteiger partial charge on any atom is -0.493 e. The first-order valence-corrected chi connectivity index (χ1v) is 10.5. The van der Waals surface area contributed by atoms with Gasteiger partial charge in [0.15, 0.2) is 11.5 Å². The number of nitrogens with zero attached hydrogens (tertiary/aromatic N) is 1. The van der Waals surface area contributed by atoms with Crippen LogP contribution in [-0.4, -0.2) is 30.6 Å². The number of methoxy groups -OCH3 is 1. The van der Waals surface area contributed by atoms with Crippen LogP contribution in [0.5, 0.6) is 11.5 Å². The minimum absolute atomic E-state index is 0.0736. The van der Waals surface area contributed by atoms with Crippen LogP contribution in [-0.2, 0) is 11.3 Å². The summed E-state index contributed by atoms with van der Waals surface area (Å²) in [4.78, 5) is 14.4. The third-order valence-corrected chi connectivity index (χ3v) is 6.20. The van der Waals surface area contributed by atoms with Crippen molar-refractivity contribution in [3.8, 4) is 11.5 Å². The van der Waals surface area contributed by atoms with Crippen LogP contribution in [0.3, 0.4) is 0 Å². The molecule has 154 valence electrons. The summed E-state index contributed by atoms with van der Waals surface area (Å²) < 4.78 is 24.9. The number of carbonyl (C=O) groups is 1. The Hall–Kier alpha value is -2.27. The molecule has 1 aliphatic carbocycles. The van der Waals surface area contributed by atoms with Gasteiger partial charge in [-0.3, -0.25) is 4.79 Å². The highest BCUT2D eigenvalue weighted by Gasteiger charge is 2.31. The maximum absolute atomic E-state index is 13.3. The molecule has 1 saturated carbocycles. The summed E-state index contributed by atoms with van der Waals surface area (Å²) in [7, 11) is 1.64. The van der Waals surface area contributed by atoms with E-state index in [0.717, 1.165) is 35.5 Å².